The molecule has 0 radical (unpaired) electrons. The van der Waals surface area contributed by atoms with Crippen molar-refractivity contribution in [2.75, 3.05) is 7.11 Å². The normalized spacial score (nSPS) is 36.2. The molecule has 2 N–H and O–H groups in total. The molecule has 6 heteroatoms. The van der Waals surface area contributed by atoms with E-state index in [4.69, 9.17) is 9.47 Å². The summed E-state index contributed by atoms with van der Waals surface area (Å²) in [6, 6.07) is 8.62. The van der Waals surface area contributed by atoms with E-state index >= 15 is 0 Å². The van der Waals surface area contributed by atoms with Crippen LogP contribution in [0.15, 0.2) is 30.3 Å². The second-order valence-electron chi connectivity index (χ2n) is 5.13. The molecule has 0 saturated carbocycles. The molecule has 0 spiro atoms. The van der Waals surface area contributed by atoms with Gasteiger partial charge in [0.25, 0.3) is 5.91 Å². The summed E-state index contributed by atoms with van der Waals surface area (Å²) in [5, 5.41) is 4.95. The lowest BCUT2D eigenvalue weighted by Crippen LogP contribution is -2.73. The van der Waals surface area contributed by atoms with Gasteiger partial charge in [0.15, 0.2) is 5.41 Å². The molecule has 3 amide bonds. The number of carbonyl (C=O) groups excluding carboxylic acids is 2. The maximum absolute atomic E-state index is 12.6. The van der Waals surface area contributed by atoms with E-state index in [1.807, 2.05) is 37.3 Å². The third-order valence-electron chi connectivity index (χ3n) is 3.97. The van der Waals surface area contributed by atoms with Crippen LogP contribution >= 0.6 is 0 Å². The zero-order valence-electron chi connectivity index (χ0n) is 11.3. The lowest BCUT2D eigenvalue weighted by Gasteiger charge is -2.45. The Kier molecular flexibility index (Phi) is 2.81. The summed E-state index contributed by atoms with van der Waals surface area (Å²) in [4.78, 5) is 24.2. The predicted molar refractivity (Wildman–Crippen MR) is 69.7 cm³/mol. The van der Waals surface area contributed by atoms with Crippen molar-refractivity contribution in [3.63, 3.8) is 0 Å². The monoisotopic (exact) mass is 276 g/mol. The van der Waals surface area contributed by atoms with Gasteiger partial charge in [-0.15, -0.1) is 0 Å². The summed E-state index contributed by atoms with van der Waals surface area (Å²) in [6.45, 7) is 1.85. The fourth-order valence-electron chi connectivity index (χ4n) is 3.19. The minimum Gasteiger partial charge on any atom is -0.335 e. The molecular formula is C14H16N2O4. The maximum atomic E-state index is 12.6. The number of benzene rings is 1. The molecule has 0 aliphatic carbocycles. The van der Waals surface area contributed by atoms with Gasteiger partial charge < -0.3 is 9.47 Å². The molecule has 3 rings (SSSR count). The standard InChI is InChI=1S/C14H16N2O4/c1-9-8-13(10-6-4-3-5-7-10)11(17)15-12(18)16-14(13,19-2)20-9/h3-7,9H,8H2,1-2H3,(H2,15,16,17,18)/t9-,13-,14+/m0/s1. The van der Waals surface area contributed by atoms with Crippen molar-refractivity contribution in [2.45, 2.75) is 30.8 Å². The van der Waals surface area contributed by atoms with Gasteiger partial charge in [0.1, 0.15) is 0 Å². The Morgan fingerprint density at radius 3 is 2.65 bits per heavy atom. The van der Waals surface area contributed by atoms with E-state index in [0.29, 0.717) is 6.42 Å². The minimum atomic E-state index is -1.47. The Hall–Kier alpha value is -1.92. The molecule has 106 valence electrons. The van der Waals surface area contributed by atoms with Crippen LogP contribution in [0.3, 0.4) is 0 Å². The second-order valence-corrected chi connectivity index (χ2v) is 5.13. The van der Waals surface area contributed by atoms with Crippen molar-refractivity contribution in [2.24, 2.45) is 0 Å². The van der Waals surface area contributed by atoms with Crippen molar-refractivity contribution in [3.05, 3.63) is 35.9 Å². The number of carbonyl (C=O) groups is 2. The molecule has 3 atom stereocenters. The van der Waals surface area contributed by atoms with Gasteiger partial charge in [-0.25, -0.2) is 4.79 Å². The molecule has 20 heavy (non-hydrogen) atoms. The number of hydrogen-bond acceptors (Lipinski definition) is 4. The topological polar surface area (TPSA) is 76.7 Å². The Bertz CT molecular complexity index is 562. The first-order chi connectivity index (χ1) is 9.54. The number of fused-ring (bicyclic) bond motifs is 1. The number of nitrogens with one attached hydrogen (secondary N) is 2. The summed E-state index contributed by atoms with van der Waals surface area (Å²) >= 11 is 0. The number of amides is 3. The van der Waals surface area contributed by atoms with Crippen molar-refractivity contribution in [3.8, 4) is 0 Å². The van der Waals surface area contributed by atoms with Crippen LogP contribution in [0.2, 0.25) is 0 Å². The summed E-state index contributed by atoms with van der Waals surface area (Å²) < 4.78 is 11.2. The molecule has 6 nitrogen and oxygen atoms in total. The molecule has 1 aromatic rings. The van der Waals surface area contributed by atoms with Gasteiger partial charge in [-0.2, -0.15) is 0 Å². The number of urea groups is 1. The van der Waals surface area contributed by atoms with Crippen molar-refractivity contribution in [1.29, 1.82) is 0 Å². The number of imide groups is 1. The van der Waals surface area contributed by atoms with E-state index in [0.717, 1.165) is 5.56 Å². The number of hydrogen-bond donors (Lipinski definition) is 2. The lowest BCUT2D eigenvalue weighted by molar-refractivity contribution is -0.249. The first-order valence-corrected chi connectivity index (χ1v) is 6.46. The fraction of sp³-hybridized carbons (Fsp3) is 0.429. The molecule has 2 heterocycles. The van der Waals surface area contributed by atoms with E-state index in [1.165, 1.54) is 7.11 Å². The molecule has 2 aliphatic rings. The van der Waals surface area contributed by atoms with Crippen LogP contribution in [0.1, 0.15) is 18.9 Å². The highest BCUT2D eigenvalue weighted by molar-refractivity contribution is 6.04. The smallest absolute Gasteiger partial charge is 0.325 e. The summed E-state index contributed by atoms with van der Waals surface area (Å²) in [7, 11) is 1.43. The molecule has 0 aromatic heterocycles. The van der Waals surface area contributed by atoms with Crippen molar-refractivity contribution >= 4 is 11.9 Å². The van der Waals surface area contributed by atoms with Gasteiger partial charge in [-0.1, -0.05) is 30.3 Å². The van der Waals surface area contributed by atoms with E-state index < -0.39 is 23.3 Å². The summed E-state index contributed by atoms with van der Waals surface area (Å²) in [5.74, 6) is -1.87. The highest BCUT2D eigenvalue weighted by atomic mass is 16.7. The zero-order valence-corrected chi connectivity index (χ0v) is 11.3. The maximum Gasteiger partial charge on any atom is 0.325 e. The van der Waals surface area contributed by atoms with Crippen LogP contribution in [-0.2, 0) is 19.7 Å². The van der Waals surface area contributed by atoms with Gasteiger partial charge in [-0.05, 0) is 18.9 Å². The first kappa shape index (κ1) is 13.1. The molecule has 0 bridgehead atoms. The molecule has 2 aliphatic heterocycles. The third kappa shape index (κ3) is 1.52. The summed E-state index contributed by atoms with van der Waals surface area (Å²) in [5.41, 5.74) is -0.334. The fourth-order valence-corrected chi connectivity index (χ4v) is 3.19. The molecule has 2 saturated heterocycles. The second kappa shape index (κ2) is 4.29. The highest BCUT2D eigenvalue weighted by Crippen LogP contribution is 2.49. The lowest BCUT2D eigenvalue weighted by atomic mass is 9.73. The third-order valence-corrected chi connectivity index (χ3v) is 3.97. The average Bonchev–Trinajstić information content (AvgIpc) is 2.74. The van der Waals surface area contributed by atoms with E-state index in [-0.39, 0.29) is 6.10 Å². The highest BCUT2D eigenvalue weighted by Gasteiger charge is 2.68. The Balaban J connectivity index is 2.21. The van der Waals surface area contributed by atoms with Crippen LogP contribution in [0.25, 0.3) is 0 Å². The minimum absolute atomic E-state index is 0.223. The molecule has 1 aromatic carbocycles. The molecule has 0 unspecified atom stereocenters. The van der Waals surface area contributed by atoms with E-state index in [2.05, 4.69) is 10.6 Å². The molecular weight excluding hydrogens is 260 g/mol. The first-order valence-electron chi connectivity index (χ1n) is 6.46. The Morgan fingerprint density at radius 1 is 1.30 bits per heavy atom. The van der Waals surface area contributed by atoms with Crippen LogP contribution in [0.4, 0.5) is 4.79 Å². The van der Waals surface area contributed by atoms with E-state index in [9.17, 15) is 9.59 Å². The Morgan fingerprint density at radius 2 is 2.00 bits per heavy atom. The average molecular weight is 276 g/mol. The van der Waals surface area contributed by atoms with Crippen LogP contribution in [0.5, 0.6) is 0 Å². The van der Waals surface area contributed by atoms with Gasteiger partial charge in [0, 0.05) is 7.11 Å². The van der Waals surface area contributed by atoms with Gasteiger partial charge in [0.05, 0.1) is 6.10 Å². The van der Waals surface area contributed by atoms with Crippen molar-refractivity contribution < 1.29 is 19.1 Å². The number of rotatable bonds is 2. The number of ether oxygens (including phenoxy) is 2. The quantitative estimate of drug-likeness (QED) is 0.840. The van der Waals surface area contributed by atoms with Gasteiger partial charge in [0.2, 0.25) is 5.91 Å². The molecule has 2 fully saturated rings. The van der Waals surface area contributed by atoms with E-state index in [1.54, 1.807) is 0 Å². The number of methoxy groups -OCH3 is 1. The van der Waals surface area contributed by atoms with Gasteiger partial charge >= 0.3 is 6.03 Å². The van der Waals surface area contributed by atoms with Gasteiger partial charge in [-0.3, -0.25) is 15.4 Å². The van der Waals surface area contributed by atoms with Crippen LogP contribution in [0, 0.1) is 0 Å². The summed E-state index contributed by atoms with van der Waals surface area (Å²) in [6.07, 6.45) is 0.205. The van der Waals surface area contributed by atoms with Crippen molar-refractivity contribution in [1.82, 2.24) is 10.6 Å². The predicted octanol–water partition coefficient (Wildman–Crippen LogP) is 0.873. The zero-order chi connectivity index (χ0) is 14.4. The largest absolute Gasteiger partial charge is 0.335 e. The van der Waals surface area contributed by atoms with Crippen LogP contribution in [-0.4, -0.2) is 31.1 Å². The Labute approximate surface area is 116 Å². The SMILES string of the molecule is CO[C@]12NC(=O)NC(=O)[C@@]1(c1ccccc1)C[C@H](C)O2. The van der Waals surface area contributed by atoms with Crippen LogP contribution < -0.4 is 10.6 Å².